The second kappa shape index (κ2) is 12.5. The summed E-state index contributed by atoms with van der Waals surface area (Å²) in [5, 5.41) is 17.0. The molecule has 1 fully saturated rings. The molecule has 38 heavy (non-hydrogen) atoms. The van der Waals surface area contributed by atoms with Gasteiger partial charge in [0.15, 0.2) is 0 Å². The van der Waals surface area contributed by atoms with Crippen LogP contribution in [0.3, 0.4) is 0 Å². The van der Waals surface area contributed by atoms with Crippen molar-refractivity contribution in [3.05, 3.63) is 83.3 Å². The topological polar surface area (TPSA) is 114 Å². The number of fused-ring (bicyclic) bond motifs is 3. The number of likely N-dealkylation sites (tertiary alicyclic amines) is 1. The van der Waals surface area contributed by atoms with E-state index in [0.29, 0.717) is 23.6 Å². The summed E-state index contributed by atoms with van der Waals surface area (Å²) < 4.78 is 13.2. The van der Waals surface area contributed by atoms with E-state index < -0.39 is 11.9 Å². The number of H-pyrrole nitrogens is 1. The quantitative estimate of drug-likeness (QED) is 0.417. The maximum Gasteiger partial charge on any atom is 0.328 e. The number of carboxylic acid groups (broad SMARTS) is 2. The van der Waals surface area contributed by atoms with E-state index in [4.69, 9.17) is 10.2 Å². The summed E-state index contributed by atoms with van der Waals surface area (Å²) in [6.45, 7) is 4.77. The molecule has 1 atom stereocenters. The minimum atomic E-state index is -1.26. The third-order valence-corrected chi connectivity index (χ3v) is 7.08. The van der Waals surface area contributed by atoms with Crippen molar-refractivity contribution in [2.75, 3.05) is 26.2 Å². The molecule has 3 aromatic rings. The minimum Gasteiger partial charge on any atom is -0.478 e. The van der Waals surface area contributed by atoms with E-state index in [9.17, 15) is 18.8 Å². The Labute approximate surface area is 220 Å². The molecule has 3 N–H and O–H groups in total. The molecule has 0 saturated carbocycles. The normalized spacial score (nSPS) is 17.6. The van der Waals surface area contributed by atoms with Gasteiger partial charge < -0.3 is 20.1 Å². The van der Waals surface area contributed by atoms with Crippen LogP contribution in [0, 0.1) is 11.7 Å². The number of carboxylic acids is 2. The molecule has 5 rings (SSSR count). The van der Waals surface area contributed by atoms with Gasteiger partial charge in [-0.3, -0.25) is 9.69 Å². The van der Waals surface area contributed by atoms with E-state index in [1.807, 2.05) is 4.90 Å². The average molecular weight is 522 g/mol. The zero-order valence-corrected chi connectivity index (χ0v) is 21.1. The van der Waals surface area contributed by atoms with E-state index >= 15 is 0 Å². The van der Waals surface area contributed by atoms with Crippen molar-refractivity contribution in [1.29, 1.82) is 0 Å². The zero-order chi connectivity index (χ0) is 27.1. The lowest BCUT2D eigenvalue weighted by Crippen LogP contribution is -2.41. The minimum absolute atomic E-state index is 0.0288. The van der Waals surface area contributed by atoms with Crippen LogP contribution in [0.15, 0.2) is 60.7 Å². The Hall–Kier alpha value is -3.98. The van der Waals surface area contributed by atoms with Crippen LogP contribution in [0.2, 0.25) is 0 Å². The monoisotopic (exact) mass is 521 g/mol. The summed E-state index contributed by atoms with van der Waals surface area (Å²) in [6, 6.07) is 14.5. The molecule has 9 heteroatoms. The molecule has 2 aliphatic rings. The Balaban J connectivity index is 0.000000368. The van der Waals surface area contributed by atoms with Crippen molar-refractivity contribution in [3.63, 3.8) is 0 Å². The maximum atomic E-state index is 13.2. The highest BCUT2D eigenvalue weighted by molar-refractivity contribution is 5.94. The predicted octanol–water partition coefficient (Wildman–Crippen LogP) is 4.32. The molecule has 1 saturated heterocycles. The standard InChI is InChI=1S/C25H28FN3O.C4H4O4/c26-20-9-7-19(8-10-20)25(30)29-13-3-4-18(16-29)11-14-28-15-12-24-22(17-28)21-5-1-2-6-23(21)27-24;5-3(6)1-2-4(7)8/h1-2,5-10,18,27H,3-4,11-17H2;1-2H,(H,5,6)(H,7,8)/b;2-1+. The highest BCUT2D eigenvalue weighted by atomic mass is 19.1. The van der Waals surface area contributed by atoms with Gasteiger partial charge in [0.1, 0.15) is 5.82 Å². The van der Waals surface area contributed by atoms with Gasteiger partial charge in [0, 0.05) is 66.9 Å². The van der Waals surface area contributed by atoms with E-state index in [2.05, 4.69) is 34.1 Å². The second-order valence-corrected chi connectivity index (χ2v) is 9.72. The number of rotatable bonds is 6. The number of carbonyl (C=O) groups is 3. The van der Waals surface area contributed by atoms with Gasteiger partial charge in [-0.1, -0.05) is 18.2 Å². The van der Waals surface area contributed by atoms with Crippen molar-refractivity contribution in [1.82, 2.24) is 14.8 Å². The molecule has 0 radical (unpaired) electrons. The summed E-state index contributed by atoms with van der Waals surface area (Å²) in [5.41, 5.74) is 4.67. The molecule has 1 aromatic heterocycles. The Morgan fingerprint density at radius 1 is 1.00 bits per heavy atom. The number of aromatic amines is 1. The molecule has 1 unspecified atom stereocenters. The SMILES string of the molecule is O=C(O)/C=C/C(=O)O.O=C(c1ccc(F)cc1)N1CCCC(CCN2CCc3[nH]c4ccccc4c3C2)C1. The zero-order valence-electron chi connectivity index (χ0n) is 21.1. The van der Waals surface area contributed by atoms with Crippen molar-refractivity contribution >= 4 is 28.7 Å². The number of nitrogens with zero attached hydrogens (tertiary/aromatic N) is 2. The molecule has 2 aromatic carbocycles. The lowest BCUT2D eigenvalue weighted by atomic mass is 9.93. The van der Waals surface area contributed by atoms with Crippen molar-refractivity contribution in [3.8, 4) is 0 Å². The first-order chi connectivity index (χ1) is 18.3. The third kappa shape index (κ3) is 7.07. The first-order valence-electron chi connectivity index (χ1n) is 12.8. The van der Waals surface area contributed by atoms with Crippen LogP contribution in [0.1, 0.15) is 40.9 Å². The van der Waals surface area contributed by atoms with Gasteiger partial charge in [-0.25, -0.2) is 14.0 Å². The van der Waals surface area contributed by atoms with Crippen molar-refractivity contribution < 1.29 is 29.0 Å². The van der Waals surface area contributed by atoms with E-state index in [-0.39, 0.29) is 11.7 Å². The maximum absolute atomic E-state index is 13.2. The number of benzene rings is 2. The van der Waals surface area contributed by atoms with Crippen LogP contribution < -0.4 is 0 Å². The number of hydrogen-bond acceptors (Lipinski definition) is 4. The number of aromatic nitrogens is 1. The summed E-state index contributed by atoms with van der Waals surface area (Å²) in [6.07, 6.45) is 5.53. The highest BCUT2D eigenvalue weighted by Gasteiger charge is 2.26. The highest BCUT2D eigenvalue weighted by Crippen LogP contribution is 2.28. The molecule has 200 valence electrons. The Bertz CT molecular complexity index is 1300. The fourth-order valence-corrected chi connectivity index (χ4v) is 5.18. The Morgan fingerprint density at radius 2 is 1.71 bits per heavy atom. The molecule has 8 nitrogen and oxygen atoms in total. The Kier molecular flexibility index (Phi) is 8.91. The number of halogens is 1. The molecular weight excluding hydrogens is 489 g/mol. The van der Waals surface area contributed by atoms with Gasteiger partial charge >= 0.3 is 11.9 Å². The molecule has 2 aliphatic heterocycles. The lowest BCUT2D eigenvalue weighted by Gasteiger charge is -2.35. The largest absolute Gasteiger partial charge is 0.478 e. The van der Waals surface area contributed by atoms with Gasteiger partial charge in [0.2, 0.25) is 0 Å². The predicted molar refractivity (Wildman–Crippen MR) is 141 cm³/mol. The molecule has 0 spiro atoms. The van der Waals surface area contributed by atoms with E-state index in [1.165, 1.54) is 40.7 Å². The van der Waals surface area contributed by atoms with Crippen LogP contribution in [-0.2, 0) is 22.6 Å². The number of aliphatic carboxylic acids is 2. The van der Waals surface area contributed by atoms with Crippen LogP contribution >= 0.6 is 0 Å². The number of hydrogen-bond donors (Lipinski definition) is 3. The van der Waals surface area contributed by atoms with Crippen LogP contribution in [0.25, 0.3) is 10.9 Å². The third-order valence-electron chi connectivity index (χ3n) is 7.08. The molecular formula is C29H32FN3O5. The Morgan fingerprint density at radius 3 is 2.42 bits per heavy atom. The molecule has 3 heterocycles. The van der Waals surface area contributed by atoms with E-state index in [0.717, 1.165) is 52.0 Å². The molecule has 0 aliphatic carbocycles. The molecule has 0 bridgehead atoms. The molecule has 1 amide bonds. The number of amides is 1. The number of nitrogens with one attached hydrogen (secondary N) is 1. The van der Waals surface area contributed by atoms with Crippen LogP contribution in [0.4, 0.5) is 4.39 Å². The summed E-state index contributed by atoms with van der Waals surface area (Å²) in [5.74, 6) is -2.25. The van der Waals surface area contributed by atoms with E-state index in [1.54, 1.807) is 12.1 Å². The van der Waals surface area contributed by atoms with Gasteiger partial charge in [-0.2, -0.15) is 0 Å². The summed E-state index contributed by atoms with van der Waals surface area (Å²) >= 11 is 0. The van der Waals surface area contributed by atoms with Crippen molar-refractivity contribution in [2.45, 2.75) is 32.2 Å². The number of piperidine rings is 1. The van der Waals surface area contributed by atoms with Gasteiger partial charge in [-0.15, -0.1) is 0 Å². The average Bonchev–Trinajstić information content (AvgIpc) is 3.29. The smallest absolute Gasteiger partial charge is 0.328 e. The first kappa shape index (κ1) is 27.1. The second-order valence-electron chi connectivity index (χ2n) is 9.72. The lowest BCUT2D eigenvalue weighted by molar-refractivity contribution is -0.134. The first-order valence-corrected chi connectivity index (χ1v) is 12.8. The van der Waals surface area contributed by atoms with Crippen LogP contribution in [-0.4, -0.2) is 69.0 Å². The number of para-hydroxylation sites is 1. The van der Waals surface area contributed by atoms with Gasteiger partial charge in [0.25, 0.3) is 5.91 Å². The summed E-state index contributed by atoms with van der Waals surface area (Å²) in [4.78, 5) is 40.0. The van der Waals surface area contributed by atoms with Crippen molar-refractivity contribution in [2.24, 2.45) is 5.92 Å². The fourth-order valence-electron chi connectivity index (χ4n) is 5.18. The number of carbonyl (C=O) groups excluding carboxylic acids is 1. The summed E-state index contributed by atoms with van der Waals surface area (Å²) in [7, 11) is 0. The van der Waals surface area contributed by atoms with Gasteiger partial charge in [-0.05, 0) is 67.6 Å². The fraction of sp³-hybridized carbons (Fsp3) is 0.345. The van der Waals surface area contributed by atoms with Gasteiger partial charge in [0.05, 0.1) is 0 Å². The van der Waals surface area contributed by atoms with Crippen LogP contribution in [0.5, 0.6) is 0 Å².